The summed E-state index contributed by atoms with van der Waals surface area (Å²) in [6.45, 7) is 5.88. The van der Waals surface area contributed by atoms with Crippen LogP contribution in [0.1, 0.15) is 38.1 Å². The lowest BCUT2D eigenvalue weighted by molar-refractivity contribution is 0.459. The third kappa shape index (κ3) is 4.85. The topological polar surface area (TPSA) is 74.0 Å². The lowest BCUT2D eigenvalue weighted by Gasteiger charge is -2.29. The van der Waals surface area contributed by atoms with Crippen molar-refractivity contribution in [2.75, 3.05) is 0 Å². The molecule has 1 N–H and O–H groups in total. The van der Waals surface area contributed by atoms with Gasteiger partial charge in [-0.2, -0.15) is 0 Å². The van der Waals surface area contributed by atoms with Gasteiger partial charge in [-0.05, 0) is 56.7 Å². The molecule has 0 bridgehead atoms. The highest BCUT2D eigenvalue weighted by atomic mass is 79.9. The SMILES string of the molecule is CC(C)(C)[S@+]([O-])NC(Cc1ccccn1)c1c(Br)cccc1-c1noc2ccccc12. The zero-order chi connectivity index (χ0) is 22.0. The van der Waals surface area contributed by atoms with Crippen molar-refractivity contribution in [2.24, 2.45) is 0 Å². The van der Waals surface area contributed by atoms with Gasteiger partial charge in [-0.15, -0.1) is 4.72 Å². The van der Waals surface area contributed by atoms with Gasteiger partial charge >= 0.3 is 0 Å². The van der Waals surface area contributed by atoms with Crippen molar-refractivity contribution in [3.8, 4) is 11.3 Å². The Morgan fingerprint density at radius 2 is 1.84 bits per heavy atom. The average molecular weight is 498 g/mol. The predicted octanol–water partition coefficient (Wildman–Crippen LogP) is 5.99. The highest BCUT2D eigenvalue weighted by molar-refractivity contribution is 9.10. The van der Waals surface area contributed by atoms with Gasteiger partial charge in [0.15, 0.2) is 5.58 Å². The Morgan fingerprint density at radius 1 is 1.06 bits per heavy atom. The normalized spacial score (nSPS) is 14.0. The molecule has 0 aliphatic rings. The summed E-state index contributed by atoms with van der Waals surface area (Å²) >= 11 is 2.46. The lowest BCUT2D eigenvalue weighted by Crippen LogP contribution is -2.42. The van der Waals surface area contributed by atoms with E-state index in [-0.39, 0.29) is 6.04 Å². The fraction of sp³-hybridized carbons (Fsp3) is 0.250. The highest BCUT2D eigenvalue weighted by Crippen LogP contribution is 2.38. The van der Waals surface area contributed by atoms with Crippen LogP contribution >= 0.6 is 15.9 Å². The van der Waals surface area contributed by atoms with Gasteiger partial charge in [0, 0.05) is 45.1 Å². The molecule has 2 aromatic heterocycles. The maximum Gasteiger partial charge on any atom is 0.167 e. The van der Waals surface area contributed by atoms with Crippen LogP contribution < -0.4 is 4.72 Å². The van der Waals surface area contributed by atoms with E-state index in [1.807, 2.05) is 81.4 Å². The summed E-state index contributed by atoms with van der Waals surface area (Å²) in [6, 6.07) is 19.4. The standard InChI is InChI=1S/C24H24BrN3O2S/c1-24(2,3)31(29)28-20(15-16-9-6-7-14-26-16)22-18(11-8-12-19(22)25)23-17-10-4-5-13-21(17)30-27-23/h4-14,20,28H,15H2,1-3H3/t20?,31-/m0/s1. The van der Waals surface area contributed by atoms with Gasteiger partial charge in [0.1, 0.15) is 10.4 Å². The summed E-state index contributed by atoms with van der Waals surface area (Å²) in [5.74, 6) is 0. The molecule has 2 aromatic carbocycles. The number of para-hydroxylation sites is 1. The molecule has 0 saturated heterocycles. The van der Waals surface area contributed by atoms with Gasteiger partial charge in [-0.3, -0.25) is 4.98 Å². The maximum absolute atomic E-state index is 13.1. The minimum Gasteiger partial charge on any atom is -0.598 e. The number of fused-ring (bicyclic) bond motifs is 1. The first-order valence-corrected chi connectivity index (χ1v) is 12.0. The third-order valence-electron chi connectivity index (χ3n) is 4.98. The number of pyridine rings is 1. The van der Waals surface area contributed by atoms with E-state index < -0.39 is 16.1 Å². The van der Waals surface area contributed by atoms with Gasteiger partial charge in [0.05, 0.1) is 6.04 Å². The minimum absolute atomic E-state index is 0.254. The van der Waals surface area contributed by atoms with Gasteiger partial charge in [-0.1, -0.05) is 51.4 Å². The van der Waals surface area contributed by atoms with Crippen LogP contribution in [0.3, 0.4) is 0 Å². The molecule has 160 valence electrons. The maximum atomic E-state index is 13.1. The lowest BCUT2D eigenvalue weighted by atomic mass is 9.94. The number of halogens is 1. The number of hydrogen-bond donors (Lipinski definition) is 1. The van der Waals surface area contributed by atoms with Crippen LogP contribution in [0.4, 0.5) is 0 Å². The van der Waals surface area contributed by atoms with Crippen molar-refractivity contribution >= 4 is 38.3 Å². The molecule has 0 spiro atoms. The minimum atomic E-state index is -1.27. The van der Waals surface area contributed by atoms with Gasteiger partial charge in [0.2, 0.25) is 0 Å². The van der Waals surface area contributed by atoms with Crippen LogP contribution in [0.25, 0.3) is 22.2 Å². The second kappa shape index (κ2) is 9.12. The molecule has 4 rings (SSSR count). The van der Waals surface area contributed by atoms with E-state index in [0.29, 0.717) is 6.42 Å². The van der Waals surface area contributed by atoms with E-state index in [1.54, 1.807) is 6.20 Å². The fourth-order valence-corrected chi connectivity index (χ4v) is 4.87. The molecular formula is C24H24BrN3O2S. The first kappa shape index (κ1) is 22.0. The molecule has 0 fully saturated rings. The Labute approximate surface area is 193 Å². The zero-order valence-electron chi connectivity index (χ0n) is 17.6. The van der Waals surface area contributed by atoms with Gasteiger partial charge in [-0.25, -0.2) is 0 Å². The Bertz CT molecular complexity index is 1170. The second-order valence-corrected chi connectivity index (χ2v) is 11.2. The molecule has 2 atom stereocenters. The summed E-state index contributed by atoms with van der Waals surface area (Å²) in [5, 5.41) is 5.31. The summed E-state index contributed by atoms with van der Waals surface area (Å²) in [6.07, 6.45) is 2.35. The van der Waals surface area contributed by atoms with E-state index in [0.717, 1.165) is 38.0 Å². The largest absolute Gasteiger partial charge is 0.598 e. The number of benzene rings is 2. The number of nitrogens with one attached hydrogen (secondary N) is 1. The molecule has 7 heteroatoms. The molecular weight excluding hydrogens is 474 g/mol. The van der Waals surface area contributed by atoms with Crippen LogP contribution in [-0.2, 0) is 17.8 Å². The van der Waals surface area contributed by atoms with E-state index in [4.69, 9.17) is 4.52 Å². The van der Waals surface area contributed by atoms with E-state index in [1.165, 1.54) is 0 Å². The molecule has 0 radical (unpaired) electrons. The Kier molecular flexibility index (Phi) is 6.48. The quantitative estimate of drug-likeness (QED) is 0.331. The molecule has 1 unspecified atom stereocenters. The summed E-state index contributed by atoms with van der Waals surface area (Å²) in [5.41, 5.74) is 4.32. The van der Waals surface area contributed by atoms with Crippen molar-refractivity contribution < 1.29 is 9.08 Å². The zero-order valence-corrected chi connectivity index (χ0v) is 20.0. The van der Waals surface area contributed by atoms with Crippen LogP contribution in [-0.4, -0.2) is 19.4 Å². The van der Waals surface area contributed by atoms with E-state index >= 15 is 0 Å². The molecule has 5 nitrogen and oxygen atoms in total. The van der Waals surface area contributed by atoms with Crippen molar-refractivity contribution in [3.05, 3.63) is 82.6 Å². The summed E-state index contributed by atoms with van der Waals surface area (Å²) in [4.78, 5) is 4.50. The molecule has 0 aliphatic carbocycles. The smallest absolute Gasteiger partial charge is 0.167 e. The number of rotatable bonds is 6. The third-order valence-corrected chi connectivity index (χ3v) is 7.28. The Morgan fingerprint density at radius 3 is 2.58 bits per heavy atom. The van der Waals surface area contributed by atoms with Crippen LogP contribution in [0.15, 0.2) is 75.9 Å². The molecule has 4 aromatic rings. The monoisotopic (exact) mass is 497 g/mol. The van der Waals surface area contributed by atoms with Gasteiger partial charge < -0.3 is 9.08 Å². The summed E-state index contributed by atoms with van der Waals surface area (Å²) < 4.78 is 22.5. The first-order chi connectivity index (χ1) is 14.8. The van der Waals surface area contributed by atoms with Crippen molar-refractivity contribution in [2.45, 2.75) is 38.0 Å². The van der Waals surface area contributed by atoms with Crippen molar-refractivity contribution in [1.29, 1.82) is 0 Å². The fourth-order valence-electron chi connectivity index (χ4n) is 3.41. The van der Waals surface area contributed by atoms with Crippen molar-refractivity contribution in [3.63, 3.8) is 0 Å². The number of aromatic nitrogens is 2. The van der Waals surface area contributed by atoms with Crippen LogP contribution in [0.2, 0.25) is 0 Å². The van der Waals surface area contributed by atoms with E-state index in [2.05, 4.69) is 30.8 Å². The Hall–Kier alpha value is -2.19. The van der Waals surface area contributed by atoms with E-state index in [9.17, 15) is 4.55 Å². The van der Waals surface area contributed by atoms with Crippen molar-refractivity contribution in [1.82, 2.24) is 14.9 Å². The average Bonchev–Trinajstić information content (AvgIpc) is 3.17. The highest BCUT2D eigenvalue weighted by Gasteiger charge is 2.32. The second-order valence-electron chi connectivity index (χ2n) is 8.31. The molecule has 0 amide bonds. The van der Waals surface area contributed by atoms with Crippen LogP contribution in [0.5, 0.6) is 0 Å². The van der Waals surface area contributed by atoms with Gasteiger partial charge in [0.25, 0.3) is 0 Å². The first-order valence-electron chi connectivity index (χ1n) is 10.1. The number of hydrogen-bond acceptors (Lipinski definition) is 5. The number of nitrogens with zero attached hydrogens (tertiary/aromatic N) is 2. The molecule has 0 aliphatic heterocycles. The summed E-state index contributed by atoms with van der Waals surface area (Å²) in [7, 11) is 0. The molecule has 0 saturated carbocycles. The molecule has 2 heterocycles. The predicted molar refractivity (Wildman–Crippen MR) is 129 cm³/mol. The van der Waals surface area contributed by atoms with Crippen LogP contribution in [0, 0.1) is 0 Å². The Balaban J connectivity index is 1.84. The molecule has 31 heavy (non-hydrogen) atoms.